The fourth-order valence-corrected chi connectivity index (χ4v) is 3.77. The van der Waals surface area contributed by atoms with Gasteiger partial charge in [-0.15, -0.1) is 0 Å². The van der Waals surface area contributed by atoms with Crippen LogP contribution in [-0.4, -0.2) is 52.3 Å². The lowest BCUT2D eigenvalue weighted by Crippen LogP contribution is -2.56. The number of nitrogens with one attached hydrogen (secondary N) is 2. The predicted octanol–water partition coefficient (Wildman–Crippen LogP) is 4.32. The molecule has 3 atom stereocenters. The second-order valence-electron chi connectivity index (χ2n) is 9.81. The first-order valence-corrected chi connectivity index (χ1v) is 12.1. The summed E-state index contributed by atoms with van der Waals surface area (Å²) in [5, 5.41) is 5.59. The second-order valence-corrected chi connectivity index (χ2v) is 10.2. The summed E-state index contributed by atoms with van der Waals surface area (Å²) in [4.78, 5) is 41.2. The van der Waals surface area contributed by atoms with Gasteiger partial charge in [0.25, 0.3) is 0 Å². The quantitative estimate of drug-likeness (QED) is 0.460. The Morgan fingerprint density at radius 3 is 2.15 bits per heavy atom. The fourth-order valence-electron chi connectivity index (χ4n) is 3.52. The molecule has 2 N–H and O–H groups in total. The number of carbonyl (C=O) groups excluding carboxylic acids is 3. The van der Waals surface area contributed by atoms with Gasteiger partial charge in [-0.2, -0.15) is 12.6 Å². The van der Waals surface area contributed by atoms with E-state index in [0.717, 1.165) is 16.7 Å². The van der Waals surface area contributed by atoms with Gasteiger partial charge >= 0.3 is 6.09 Å². The molecule has 1 rings (SSSR count). The van der Waals surface area contributed by atoms with E-state index in [0.29, 0.717) is 6.42 Å². The molecule has 1 aromatic carbocycles. The Labute approximate surface area is 204 Å². The highest BCUT2D eigenvalue weighted by molar-refractivity contribution is 7.80. The van der Waals surface area contributed by atoms with E-state index in [1.165, 1.54) is 0 Å². The van der Waals surface area contributed by atoms with Crippen molar-refractivity contribution in [2.24, 2.45) is 0 Å². The third-order valence-corrected chi connectivity index (χ3v) is 5.53. The smallest absolute Gasteiger partial charge is 0.408 e. The zero-order valence-electron chi connectivity index (χ0n) is 21.5. The topological polar surface area (TPSA) is 87.7 Å². The average molecular weight is 480 g/mol. The van der Waals surface area contributed by atoms with Crippen molar-refractivity contribution in [2.75, 3.05) is 5.75 Å². The van der Waals surface area contributed by atoms with E-state index in [1.807, 2.05) is 59.7 Å². The maximum atomic E-state index is 13.8. The Kier molecular flexibility index (Phi) is 10.7. The summed E-state index contributed by atoms with van der Waals surface area (Å²) in [6.07, 6.45) is -0.0675. The van der Waals surface area contributed by atoms with Crippen LogP contribution < -0.4 is 10.6 Å². The Morgan fingerprint density at radius 1 is 1.09 bits per heavy atom. The molecule has 3 unspecified atom stereocenters. The van der Waals surface area contributed by atoms with Gasteiger partial charge in [0, 0.05) is 17.8 Å². The van der Waals surface area contributed by atoms with Crippen molar-refractivity contribution in [1.82, 2.24) is 15.5 Å². The number of rotatable bonds is 9. The minimum atomic E-state index is -0.947. The number of carbonyl (C=O) groups is 3. The van der Waals surface area contributed by atoms with Gasteiger partial charge in [-0.25, -0.2) is 4.79 Å². The summed E-state index contributed by atoms with van der Waals surface area (Å²) >= 11 is 4.31. The SMILES string of the molecule is CCC(C)N(C(=O)C(CS)NC(=O)OC(C)(C)C)C(C(=O)NC(C)C)c1ccc(C)cc1C. The van der Waals surface area contributed by atoms with E-state index < -0.39 is 23.8 Å². The molecule has 0 spiro atoms. The third-order valence-electron chi connectivity index (χ3n) is 5.17. The molecule has 0 saturated heterocycles. The largest absolute Gasteiger partial charge is 0.444 e. The van der Waals surface area contributed by atoms with E-state index in [-0.39, 0.29) is 29.7 Å². The van der Waals surface area contributed by atoms with Crippen LogP contribution in [0.25, 0.3) is 0 Å². The zero-order chi connectivity index (χ0) is 25.5. The highest BCUT2D eigenvalue weighted by Gasteiger charge is 2.38. The molecule has 1 aromatic rings. The molecule has 0 aliphatic heterocycles. The molecule has 0 saturated carbocycles. The van der Waals surface area contributed by atoms with Gasteiger partial charge < -0.3 is 20.3 Å². The molecular weight excluding hydrogens is 438 g/mol. The molecular formula is C25H41N3O4S. The summed E-state index contributed by atoms with van der Waals surface area (Å²) in [7, 11) is 0. The Hall–Kier alpha value is -2.22. The van der Waals surface area contributed by atoms with E-state index in [4.69, 9.17) is 4.74 Å². The molecule has 3 amide bonds. The standard InChI is InChI=1S/C25H41N3O4S/c1-10-18(6)28(23(30)20(14-33)27-24(31)32-25(7,8)9)21(22(29)26-15(2)3)19-12-11-16(4)13-17(19)5/h11-13,15,18,20-21,33H,10,14H2,1-9H3,(H,26,29)(H,27,31). The maximum Gasteiger partial charge on any atom is 0.408 e. The van der Waals surface area contributed by atoms with Gasteiger partial charge in [-0.05, 0) is 72.9 Å². The van der Waals surface area contributed by atoms with E-state index in [2.05, 4.69) is 23.3 Å². The van der Waals surface area contributed by atoms with Crippen LogP contribution in [0.2, 0.25) is 0 Å². The van der Waals surface area contributed by atoms with Crippen LogP contribution in [0.4, 0.5) is 4.79 Å². The number of nitrogens with zero attached hydrogens (tertiary/aromatic N) is 1. The van der Waals surface area contributed by atoms with Crippen LogP contribution in [-0.2, 0) is 14.3 Å². The summed E-state index contributed by atoms with van der Waals surface area (Å²) < 4.78 is 5.33. The molecule has 0 radical (unpaired) electrons. The van der Waals surface area contributed by atoms with Gasteiger partial charge in [-0.1, -0.05) is 30.7 Å². The highest BCUT2D eigenvalue weighted by atomic mass is 32.1. The van der Waals surface area contributed by atoms with Crippen LogP contribution in [0.1, 0.15) is 77.6 Å². The third kappa shape index (κ3) is 8.57. The molecule has 186 valence electrons. The Balaban J connectivity index is 3.49. The van der Waals surface area contributed by atoms with E-state index in [1.54, 1.807) is 25.7 Å². The van der Waals surface area contributed by atoms with Gasteiger partial charge in [0.05, 0.1) is 0 Å². The molecule has 0 aromatic heterocycles. The summed E-state index contributed by atoms with van der Waals surface area (Å²) in [5.41, 5.74) is 2.04. The van der Waals surface area contributed by atoms with Gasteiger partial charge in [0.15, 0.2) is 0 Å². The van der Waals surface area contributed by atoms with Crippen LogP contribution in [0.3, 0.4) is 0 Å². The van der Waals surface area contributed by atoms with Crippen molar-refractivity contribution in [3.63, 3.8) is 0 Å². The van der Waals surface area contributed by atoms with Crippen molar-refractivity contribution in [2.45, 2.75) is 98.5 Å². The number of hydrogen-bond acceptors (Lipinski definition) is 5. The molecule has 0 bridgehead atoms. The Morgan fingerprint density at radius 2 is 1.70 bits per heavy atom. The molecule has 7 nitrogen and oxygen atoms in total. The van der Waals surface area contributed by atoms with Gasteiger partial charge in [-0.3, -0.25) is 9.59 Å². The number of aryl methyl sites for hydroxylation is 2. The molecule has 8 heteroatoms. The number of hydrogen-bond donors (Lipinski definition) is 3. The van der Waals surface area contributed by atoms with E-state index >= 15 is 0 Å². The molecule has 0 aliphatic carbocycles. The van der Waals surface area contributed by atoms with Crippen molar-refractivity contribution in [3.05, 3.63) is 34.9 Å². The normalized spacial score (nSPS) is 14.3. The molecule has 0 fully saturated rings. The van der Waals surface area contributed by atoms with Crippen molar-refractivity contribution < 1.29 is 19.1 Å². The lowest BCUT2D eigenvalue weighted by atomic mass is 9.95. The second kappa shape index (κ2) is 12.3. The first-order chi connectivity index (χ1) is 15.2. The lowest BCUT2D eigenvalue weighted by Gasteiger charge is -2.38. The summed E-state index contributed by atoms with van der Waals surface area (Å²) in [6, 6.07) is 3.68. The molecule has 0 heterocycles. The van der Waals surface area contributed by atoms with Crippen LogP contribution in [0.15, 0.2) is 18.2 Å². The first-order valence-electron chi connectivity index (χ1n) is 11.5. The number of amides is 3. The molecule has 33 heavy (non-hydrogen) atoms. The monoisotopic (exact) mass is 479 g/mol. The van der Waals surface area contributed by atoms with Crippen molar-refractivity contribution in [1.29, 1.82) is 0 Å². The Bertz CT molecular complexity index is 835. The van der Waals surface area contributed by atoms with Crippen LogP contribution in [0, 0.1) is 13.8 Å². The number of ether oxygens (including phenoxy) is 1. The molecule has 0 aliphatic rings. The van der Waals surface area contributed by atoms with Crippen LogP contribution in [0.5, 0.6) is 0 Å². The minimum Gasteiger partial charge on any atom is -0.444 e. The van der Waals surface area contributed by atoms with Crippen molar-refractivity contribution in [3.8, 4) is 0 Å². The van der Waals surface area contributed by atoms with E-state index in [9.17, 15) is 14.4 Å². The maximum absolute atomic E-state index is 13.8. The summed E-state index contributed by atoms with van der Waals surface area (Å²) in [5.74, 6) is -0.578. The first kappa shape index (κ1) is 28.8. The van der Waals surface area contributed by atoms with Gasteiger partial charge in [0.1, 0.15) is 17.7 Å². The predicted molar refractivity (Wildman–Crippen MR) is 136 cm³/mol. The van der Waals surface area contributed by atoms with Gasteiger partial charge in [0.2, 0.25) is 11.8 Å². The number of alkyl carbamates (subject to hydrolysis) is 1. The van der Waals surface area contributed by atoms with Crippen LogP contribution >= 0.6 is 12.6 Å². The number of benzene rings is 1. The minimum absolute atomic E-state index is 0.0659. The fraction of sp³-hybridized carbons (Fsp3) is 0.640. The zero-order valence-corrected chi connectivity index (χ0v) is 22.4. The summed E-state index contributed by atoms with van der Waals surface area (Å²) in [6.45, 7) is 16.8. The number of thiol groups is 1. The van der Waals surface area contributed by atoms with Crippen molar-refractivity contribution >= 4 is 30.5 Å². The lowest BCUT2D eigenvalue weighted by molar-refractivity contribution is -0.144. The average Bonchev–Trinajstić information content (AvgIpc) is 2.68. The highest BCUT2D eigenvalue weighted by Crippen LogP contribution is 2.29.